The van der Waals surface area contributed by atoms with Gasteiger partial charge in [0.25, 0.3) is 5.91 Å². The van der Waals surface area contributed by atoms with Crippen LogP contribution >= 0.6 is 0 Å². The standard InChI is InChI=1S/C19H28N2O6S/c1-14-11-16-12-15(3-4-17(16)21(14)28(2,24)25)18(23)20-13-19(27-10-7-22)5-8-26-9-6-19/h3-4,12,14,22H,5-11,13H2,1-2H3,(H,20,23). The second-order valence-corrected chi connectivity index (χ2v) is 9.37. The number of amides is 1. The Balaban J connectivity index is 1.71. The summed E-state index contributed by atoms with van der Waals surface area (Å²) in [6.45, 7) is 3.44. The Morgan fingerprint density at radius 1 is 1.39 bits per heavy atom. The number of benzene rings is 1. The maximum atomic E-state index is 12.7. The highest BCUT2D eigenvalue weighted by Gasteiger charge is 2.35. The van der Waals surface area contributed by atoms with Gasteiger partial charge in [0.1, 0.15) is 0 Å². The molecule has 0 spiro atoms. The maximum absolute atomic E-state index is 12.7. The van der Waals surface area contributed by atoms with Crippen LogP contribution in [0.1, 0.15) is 35.7 Å². The molecule has 2 aliphatic heterocycles. The molecule has 3 rings (SSSR count). The highest BCUT2D eigenvalue weighted by atomic mass is 32.2. The molecule has 1 amide bonds. The van der Waals surface area contributed by atoms with Crippen LogP contribution in [-0.4, -0.2) is 70.3 Å². The van der Waals surface area contributed by atoms with Crippen molar-refractivity contribution < 1.29 is 27.8 Å². The molecule has 1 aromatic carbocycles. The average molecular weight is 413 g/mol. The number of aliphatic hydroxyl groups excluding tert-OH is 1. The molecular formula is C19H28N2O6S. The minimum absolute atomic E-state index is 0.0730. The first-order chi connectivity index (χ1) is 13.3. The molecule has 9 heteroatoms. The number of nitrogens with zero attached hydrogens (tertiary/aromatic N) is 1. The summed E-state index contributed by atoms with van der Waals surface area (Å²) < 4.78 is 36.7. The molecule has 0 saturated carbocycles. The van der Waals surface area contributed by atoms with Gasteiger partial charge in [-0.1, -0.05) is 0 Å². The molecule has 1 atom stereocenters. The van der Waals surface area contributed by atoms with Gasteiger partial charge in [-0.05, 0) is 37.1 Å². The van der Waals surface area contributed by atoms with Gasteiger partial charge in [0.05, 0.1) is 30.8 Å². The van der Waals surface area contributed by atoms with Gasteiger partial charge in [0, 0.05) is 44.2 Å². The third kappa shape index (κ3) is 4.48. The van der Waals surface area contributed by atoms with E-state index in [9.17, 15) is 13.2 Å². The number of ether oxygens (including phenoxy) is 2. The van der Waals surface area contributed by atoms with Crippen LogP contribution in [0.4, 0.5) is 5.69 Å². The molecule has 1 saturated heterocycles. The predicted octanol–water partition coefficient (Wildman–Crippen LogP) is 0.685. The molecular weight excluding hydrogens is 384 g/mol. The maximum Gasteiger partial charge on any atom is 0.251 e. The molecule has 156 valence electrons. The van der Waals surface area contributed by atoms with E-state index in [0.717, 1.165) is 5.56 Å². The van der Waals surface area contributed by atoms with Gasteiger partial charge < -0.3 is 19.9 Å². The largest absolute Gasteiger partial charge is 0.394 e. The molecule has 1 unspecified atom stereocenters. The molecule has 1 fully saturated rings. The van der Waals surface area contributed by atoms with Crippen molar-refractivity contribution in [3.05, 3.63) is 29.3 Å². The highest BCUT2D eigenvalue weighted by Crippen LogP contribution is 2.34. The third-order valence-corrected chi connectivity index (χ3v) is 6.60. The highest BCUT2D eigenvalue weighted by molar-refractivity contribution is 7.92. The van der Waals surface area contributed by atoms with Gasteiger partial charge in [-0.25, -0.2) is 8.42 Å². The van der Waals surface area contributed by atoms with Crippen molar-refractivity contribution >= 4 is 21.6 Å². The molecule has 28 heavy (non-hydrogen) atoms. The van der Waals surface area contributed by atoms with Crippen molar-refractivity contribution in [2.24, 2.45) is 0 Å². The number of nitrogens with one attached hydrogen (secondary N) is 1. The smallest absolute Gasteiger partial charge is 0.251 e. The summed E-state index contributed by atoms with van der Waals surface area (Å²) in [6.07, 6.45) is 3.07. The van der Waals surface area contributed by atoms with Crippen molar-refractivity contribution in [2.45, 2.75) is 37.8 Å². The van der Waals surface area contributed by atoms with E-state index in [-0.39, 0.29) is 25.2 Å². The summed E-state index contributed by atoms with van der Waals surface area (Å²) in [5.41, 5.74) is 1.45. The molecule has 8 nitrogen and oxygen atoms in total. The van der Waals surface area contributed by atoms with Gasteiger partial charge in [0.2, 0.25) is 10.0 Å². The fraction of sp³-hybridized carbons (Fsp3) is 0.632. The minimum atomic E-state index is -3.36. The Morgan fingerprint density at radius 3 is 2.75 bits per heavy atom. The van der Waals surface area contributed by atoms with Gasteiger partial charge in [-0.15, -0.1) is 0 Å². The SMILES string of the molecule is CC1Cc2cc(C(=O)NCC3(OCCO)CCOCC3)ccc2N1S(C)(=O)=O. The lowest BCUT2D eigenvalue weighted by Crippen LogP contribution is -2.49. The van der Waals surface area contributed by atoms with Crippen molar-refractivity contribution in [2.75, 3.05) is 43.5 Å². The number of hydrogen-bond donors (Lipinski definition) is 2. The van der Waals surface area contributed by atoms with Crippen LogP contribution in [0.25, 0.3) is 0 Å². The molecule has 2 aliphatic rings. The van der Waals surface area contributed by atoms with Gasteiger partial charge in [0.15, 0.2) is 0 Å². The monoisotopic (exact) mass is 412 g/mol. The Labute approximate surface area is 165 Å². The summed E-state index contributed by atoms with van der Waals surface area (Å²) in [5, 5.41) is 12.0. The molecule has 0 radical (unpaired) electrons. The Bertz CT molecular complexity index is 820. The zero-order valence-corrected chi connectivity index (χ0v) is 17.1. The zero-order valence-electron chi connectivity index (χ0n) is 16.3. The van der Waals surface area contributed by atoms with E-state index in [0.29, 0.717) is 50.3 Å². The van der Waals surface area contributed by atoms with E-state index in [1.807, 2.05) is 6.92 Å². The van der Waals surface area contributed by atoms with Gasteiger partial charge in [-0.3, -0.25) is 9.10 Å². The van der Waals surface area contributed by atoms with E-state index in [2.05, 4.69) is 5.32 Å². The van der Waals surface area contributed by atoms with Crippen molar-refractivity contribution in [3.63, 3.8) is 0 Å². The molecule has 1 aromatic rings. The number of fused-ring (bicyclic) bond motifs is 1. The van der Waals surface area contributed by atoms with E-state index in [1.165, 1.54) is 10.6 Å². The van der Waals surface area contributed by atoms with E-state index in [4.69, 9.17) is 14.6 Å². The van der Waals surface area contributed by atoms with Crippen LogP contribution in [0.2, 0.25) is 0 Å². The summed E-state index contributed by atoms with van der Waals surface area (Å²) in [5.74, 6) is -0.230. The fourth-order valence-electron chi connectivity index (χ4n) is 3.97. The van der Waals surface area contributed by atoms with E-state index < -0.39 is 15.6 Å². The third-order valence-electron chi connectivity index (χ3n) is 5.33. The number of rotatable bonds is 7. The molecule has 0 bridgehead atoms. The number of anilines is 1. The number of aliphatic hydroxyl groups is 1. The number of carbonyl (C=O) groups excluding carboxylic acids is 1. The number of carbonyl (C=O) groups is 1. The second kappa shape index (κ2) is 8.36. The van der Waals surface area contributed by atoms with Gasteiger partial charge >= 0.3 is 0 Å². The van der Waals surface area contributed by atoms with Crippen LogP contribution in [0, 0.1) is 0 Å². The first-order valence-electron chi connectivity index (χ1n) is 9.49. The van der Waals surface area contributed by atoms with E-state index >= 15 is 0 Å². The summed E-state index contributed by atoms with van der Waals surface area (Å²) >= 11 is 0. The zero-order chi connectivity index (χ0) is 20.4. The minimum Gasteiger partial charge on any atom is -0.394 e. The van der Waals surface area contributed by atoms with Crippen molar-refractivity contribution in [3.8, 4) is 0 Å². The lowest BCUT2D eigenvalue weighted by Gasteiger charge is -2.37. The normalized spacial score (nSPS) is 21.4. The first kappa shape index (κ1) is 21.0. The quantitative estimate of drug-likeness (QED) is 0.683. The number of hydrogen-bond acceptors (Lipinski definition) is 6. The summed E-state index contributed by atoms with van der Waals surface area (Å²) in [6, 6.07) is 4.94. The summed E-state index contributed by atoms with van der Waals surface area (Å²) in [7, 11) is -3.36. The lowest BCUT2D eigenvalue weighted by molar-refractivity contribution is -0.114. The van der Waals surface area contributed by atoms with Gasteiger partial charge in [-0.2, -0.15) is 0 Å². The Kier molecular flexibility index (Phi) is 6.28. The topological polar surface area (TPSA) is 105 Å². The summed E-state index contributed by atoms with van der Waals surface area (Å²) in [4.78, 5) is 12.7. The van der Waals surface area contributed by atoms with E-state index in [1.54, 1.807) is 18.2 Å². The number of sulfonamides is 1. The van der Waals surface area contributed by atoms with Crippen molar-refractivity contribution in [1.82, 2.24) is 5.32 Å². The van der Waals surface area contributed by atoms with Crippen LogP contribution in [0.5, 0.6) is 0 Å². The molecule has 0 aliphatic carbocycles. The van der Waals surface area contributed by atoms with Crippen LogP contribution in [0.15, 0.2) is 18.2 Å². The van der Waals surface area contributed by atoms with Crippen LogP contribution in [-0.2, 0) is 25.9 Å². The average Bonchev–Trinajstić information content (AvgIpc) is 3.00. The molecule has 2 heterocycles. The Morgan fingerprint density at radius 2 is 2.11 bits per heavy atom. The van der Waals surface area contributed by atoms with Crippen molar-refractivity contribution in [1.29, 1.82) is 0 Å². The van der Waals surface area contributed by atoms with Crippen LogP contribution < -0.4 is 9.62 Å². The van der Waals surface area contributed by atoms with Crippen LogP contribution in [0.3, 0.4) is 0 Å². The predicted molar refractivity (Wildman–Crippen MR) is 105 cm³/mol. The lowest BCUT2D eigenvalue weighted by atomic mass is 9.93. The molecule has 2 N–H and O–H groups in total. The molecule has 0 aromatic heterocycles. The Hall–Kier alpha value is -1.68. The fourth-order valence-corrected chi connectivity index (χ4v) is 5.23. The first-order valence-corrected chi connectivity index (χ1v) is 11.3. The second-order valence-electron chi connectivity index (χ2n) is 7.51.